The SMILES string of the molecule is NCC#Cc1ccnc(NC(=O)C2CCOC2)c1. The third-order valence-corrected chi connectivity index (χ3v) is 2.65. The minimum absolute atomic E-state index is 0.0519. The number of anilines is 1. The van der Waals surface area contributed by atoms with Crippen molar-refractivity contribution in [2.75, 3.05) is 25.1 Å². The Morgan fingerprint density at radius 1 is 1.67 bits per heavy atom. The van der Waals surface area contributed by atoms with E-state index in [0.29, 0.717) is 25.6 Å². The monoisotopic (exact) mass is 245 g/mol. The van der Waals surface area contributed by atoms with Crippen LogP contribution in [0.4, 0.5) is 5.82 Å². The van der Waals surface area contributed by atoms with Gasteiger partial charge in [0.25, 0.3) is 0 Å². The van der Waals surface area contributed by atoms with Gasteiger partial charge in [0.05, 0.1) is 19.1 Å². The van der Waals surface area contributed by atoms with E-state index in [4.69, 9.17) is 10.5 Å². The molecule has 2 rings (SSSR count). The molecule has 0 spiro atoms. The smallest absolute Gasteiger partial charge is 0.231 e. The predicted molar refractivity (Wildman–Crippen MR) is 67.7 cm³/mol. The van der Waals surface area contributed by atoms with Crippen molar-refractivity contribution >= 4 is 11.7 Å². The van der Waals surface area contributed by atoms with Crippen molar-refractivity contribution in [2.45, 2.75) is 6.42 Å². The van der Waals surface area contributed by atoms with Crippen LogP contribution in [0.15, 0.2) is 18.3 Å². The first-order valence-electron chi connectivity index (χ1n) is 5.83. The van der Waals surface area contributed by atoms with Crippen molar-refractivity contribution in [1.82, 2.24) is 4.98 Å². The van der Waals surface area contributed by atoms with Gasteiger partial charge in [-0.2, -0.15) is 0 Å². The highest BCUT2D eigenvalue weighted by molar-refractivity contribution is 5.92. The molecule has 1 atom stereocenters. The molecule has 3 N–H and O–H groups in total. The Hall–Kier alpha value is -1.90. The lowest BCUT2D eigenvalue weighted by Crippen LogP contribution is -2.23. The van der Waals surface area contributed by atoms with Gasteiger partial charge in [-0.1, -0.05) is 11.8 Å². The Bertz CT molecular complexity index is 484. The molecule has 1 unspecified atom stereocenters. The lowest BCUT2D eigenvalue weighted by atomic mass is 10.1. The molecule has 1 fully saturated rings. The fourth-order valence-corrected chi connectivity index (χ4v) is 1.70. The number of carbonyl (C=O) groups is 1. The molecule has 1 amide bonds. The summed E-state index contributed by atoms with van der Waals surface area (Å²) in [6.07, 6.45) is 2.37. The van der Waals surface area contributed by atoms with Crippen LogP contribution in [0, 0.1) is 17.8 Å². The first kappa shape index (κ1) is 12.6. The van der Waals surface area contributed by atoms with Gasteiger partial charge in [-0.05, 0) is 18.6 Å². The van der Waals surface area contributed by atoms with Crippen LogP contribution < -0.4 is 11.1 Å². The van der Waals surface area contributed by atoms with E-state index in [9.17, 15) is 4.79 Å². The average molecular weight is 245 g/mol. The molecule has 0 radical (unpaired) electrons. The van der Waals surface area contributed by atoms with Crippen LogP contribution in [0.2, 0.25) is 0 Å². The third-order valence-electron chi connectivity index (χ3n) is 2.65. The maximum absolute atomic E-state index is 11.9. The number of amides is 1. The number of hydrogen-bond acceptors (Lipinski definition) is 4. The fourth-order valence-electron chi connectivity index (χ4n) is 1.70. The van der Waals surface area contributed by atoms with E-state index in [1.54, 1.807) is 18.3 Å². The topological polar surface area (TPSA) is 77.2 Å². The van der Waals surface area contributed by atoms with E-state index in [-0.39, 0.29) is 11.8 Å². The molecule has 94 valence electrons. The molecule has 0 aliphatic carbocycles. The van der Waals surface area contributed by atoms with Gasteiger partial charge in [0.1, 0.15) is 5.82 Å². The maximum Gasteiger partial charge on any atom is 0.231 e. The molecule has 0 saturated carbocycles. The van der Waals surface area contributed by atoms with Crippen LogP contribution in [-0.2, 0) is 9.53 Å². The van der Waals surface area contributed by atoms with Crippen molar-refractivity contribution in [2.24, 2.45) is 11.7 Å². The number of nitrogens with one attached hydrogen (secondary N) is 1. The zero-order chi connectivity index (χ0) is 12.8. The first-order valence-corrected chi connectivity index (χ1v) is 5.83. The highest BCUT2D eigenvalue weighted by Gasteiger charge is 2.23. The summed E-state index contributed by atoms with van der Waals surface area (Å²) < 4.78 is 5.18. The minimum atomic E-state index is -0.0782. The van der Waals surface area contributed by atoms with Crippen LogP contribution in [0.1, 0.15) is 12.0 Å². The number of pyridine rings is 1. The van der Waals surface area contributed by atoms with Gasteiger partial charge in [0.2, 0.25) is 5.91 Å². The number of nitrogens with two attached hydrogens (primary N) is 1. The molecule has 1 saturated heterocycles. The largest absolute Gasteiger partial charge is 0.381 e. The Morgan fingerprint density at radius 2 is 2.56 bits per heavy atom. The summed E-state index contributed by atoms with van der Waals surface area (Å²) in [5, 5.41) is 2.77. The lowest BCUT2D eigenvalue weighted by Gasteiger charge is -2.08. The maximum atomic E-state index is 11.9. The first-order chi connectivity index (χ1) is 8.79. The molecule has 5 nitrogen and oxygen atoms in total. The van der Waals surface area contributed by atoms with Crippen molar-refractivity contribution in [3.63, 3.8) is 0 Å². The summed E-state index contributed by atoms with van der Waals surface area (Å²) in [7, 11) is 0. The summed E-state index contributed by atoms with van der Waals surface area (Å²) >= 11 is 0. The fraction of sp³-hybridized carbons (Fsp3) is 0.385. The van der Waals surface area contributed by atoms with Crippen LogP contribution in [0.3, 0.4) is 0 Å². The Labute approximate surface area is 106 Å². The molecule has 0 aromatic carbocycles. The van der Waals surface area contributed by atoms with E-state index in [1.807, 2.05) is 0 Å². The molecule has 0 bridgehead atoms. The van der Waals surface area contributed by atoms with E-state index in [2.05, 4.69) is 22.1 Å². The Balaban J connectivity index is 2.02. The molecular formula is C13H15N3O2. The van der Waals surface area contributed by atoms with Crippen molar-refractivity contribution < 1.29 is 9.53 Å². The molecule has 1 aliphatic heterocycles. The Morgan fingerprint density at radius 3 is 3.28 bits per heavy atom. The average Bonchev–Trinajstić information content (AvgIpc) is 2.91. The van der Waals surface area contributed by atoms with Gasteiger partial charge in [-0.15, -0.1) is 0 Å². The zero-order valence-electron chi connectivity index (χ0n) is 9.98. The van der Waals surface area contributed by atoms with E-state index < -0.39 is 0 Å². The van der Waals surface area contributed by atoms with Crippen molar-refractivity contribution in [3.05, 3.63) is 23.9 Å². The number of nitrogens with zero attached hydrogens (tertiary/aromatic N) is 1. The number of hydrogen-bond donors (Lipinski definition) is 2. The highest BCUT2D eigenvalue weighted by Crippen LogP contribution is 2.15. The second-order valence-corrected chi connectivity index (χ2v) is 3.99. The zero-order valence-corrected chi connectivity index (χ0v) is 9.98. The summed E-state index contributed by atoms with van der Waals surface area (Å²) in [5.41, 5.74) is 6.09. The summed E-state index contributed by atoms with van der Waals surface area (Å²) in [6.45, 7) is 1.44. The van der Waals surface area contributed by atoms with Gasteiger partial charge >= 0.3 is 0 Å². The number of ether oxygens (including phenoxy) is 1. The van der Waals surface area contributed by atoms with Crippen LogP contribution >= 0.6 is 0 Å². The van der Waals surface area contributed by atoms with Gasteiger partial charge in [-0.25, -0.2) is 4.98 Å². The van der Waals surface area contributed by atoms with Gasteiger partial charge < -0.3 is 15.8 Å². The number of carbonyl (C=O) groups excluding carboxylic acids is 1. The van der Waals surface area contributed by atoms with E-state index in [0.717, 1.165) is 12.0 Å². The van der Waals surface area contributed by atoms with Crippen LogP contribution in [0.25, 0.3) is 0 Å². The quantitative estimate of drug-likeness (QED) is 0.738. The van der Waals surface area contributed by atoms with Crippen molar-refractivity contribution in [1.29, 1.82) is 0 Å². The standard InChI is InChI=1S/C13H15N3O2/c14-5-1-2-10-3-6-15-12(8-10)16-13(17)11-4-7-18-9-11/h3,6,8,11H,4-5,7,9,14H2,(H,15,16,17). The van der Waals surface area contributed by atoms with Crippen molar-refractivity contribution in [3.8, 4) is 11.8 Å². The molecule has 18 heavy (non-hydrogen) atoms. The van der Waals surface area contributed by atoms with E-state index in [1.165, 1.54) is 0 Å². The highest BCUT2D eigenvalue weighted by atomic mass is 16.5. The summed E-state index contributed by atoms with van der Waals surface area (Å²) in [5.74, 6) is 6.03. The van der Waals surface area contributed by atoms with Crippen LogP contribution in [-0.4, -0.2) is 30.6 Å². The third kappa shape index (κ3) is 3.29. The molecule has 5 heteroatoms. The second kappa shape index (κ2) is 6.15. The number of rotatable bonds is 2. The molecular weight excluding hydrogens is 230 g/mol. The van der Waals surface area contributed by atoms with Gasteiger partial charge in [0, 0.05) is 18.4 Å². The van der Waals surface area contributed by atoms with Crippen LogP contribution in [0.5, 0.6) is 0 Å². The van der Waals surface area contributed by atoms with E-state index >= 15 is 0 Å². The number of aromatic nitrogens is 1. The van der Waals surface area contributed by atoms with Gasteiger partial charge in [-0.3, -0.25) is 4.79 Å². The Kier molecular flexibility index (Phi) is 4.29. The predicted octanol–water partition coefficient (Wildman–Crippen LogP) is 0.367. The molecule has 2 heterocycles. The summed E-state index contributed by atoms with van der Waals surface area (Å²) in [4.78, 5) is 15.9. The van der Waals surface area contributed by atoms with Gasteiger partial charge in [0.15, 0.2) is 0 Å². The molecule has 1 aliphatic rings. The second-order valence-electron chi connectivity index (χ2n) is 3.99. The molecule has 1 aromatic heterocycles. The lowest BCUT2D eigenvalue weighted by molar-refractivity contribution is -0.119. The normalized spacial score (nSPS) is 17.9. The minimum Gasteiger partial charge on any atom is -0.381 e. The molecule has 1 aromatic rings. The summed E-state index contributed by atoms with van der Waals surface area (Å²) in [6, 6.07) is 3.51.